The number of hydrogen-bond donors (Lipinski definition) is 3. The van der Waals surface area contributed by atoms with Gasteiger partial charge in [0.05, 0.1) is 17.9 Å². The molecule has 106 valence electrons. The summed E-state index contributed by atoms with van der Waals surface area (Å²) in [5.41, 5.74) is 2.25. The zero-order valence-corrected chi connectivity index (χ0v) is 12.7. The van der Waals surface area contributed by atoms with Crippen molar-refractivity contribution < 1.29 is 10.2 Å². The predicted octanol–water partition coefficient (Wildman–Crippen LogP) is 1.49. The van der Waals surface area contributed by atoms with E-state index in [4.69, 9.17) is 0 Å². The molecule has 5 heteroatoms. The van der Waals surface area contributed by atoms with Crippen molar-refractivity contribution in [1.29, 1.82) is 0 Å². The third-order valence-corrected chi connectivity index (χ3v) is 4.00. The van der Waals surface area contributed by atoms with Crippen LogP contribution in [0.15, 0.2) is 22.7 Å². The molecule has 1 aromatic rings. The first kappa shape index (κ1) is 14.8. The van der Waals surface area contributed by atoms with E-state index in [-0.39, 0.29) is 0 Å². The number of β-amino-alcohol motifs (C(OH)–C–C–N with tert-alkyl or cyclic N) is 2. The molecular weight excluding hydrogens is 308 g/mol. The van der Waals surface area contributed by atoms with Crippen molar-refractivity contribution in [2.75, 3.05) is 24.5 Å². The van der Waals surface area contributed by atoms with Crippen molar-refractivity contribution in [2.24, 2.45) is 0 Å². The number of rotatable bonds is 5. The number of halogens is 1. The molecule has 2 rings (SSSR count). The molecule has 19 heavy (non-hydrogen) atoms. The Morgan fingerprint density at radius 2 is 2.00 bits per heavy atom. The van der Waals surface area contributed by atoms with E-state index < -0.39 is 12.2 Å². The lowest BCUT2D eigenvalue weighted by molar-refractivity contribution is 0.0572. The maximum atomic E-state index is 9.60. The fraction of sp³-hybridized carbons (Fsp3) is 0.571. The summed E-state index contributed by atoms with van der Waals surface area (Å²) < 4.78 is 1.00. The van der Waals surface area contributed by atoms with Gasteiger partial charge in [-0.3, -0.25) is 0 Å². The molecule has 0 spiro atoms. The second kappa shape index (κ2) is 6.70. The topological polar surface area (TPSA) is 55.7 Å². The van der Waals surface area contributed by atoms with Crippen molar-refractivity contribution in [3.05, 3.63) is 28.2 Å². The van der Waals surface area contributed by atoms with Crippen molar-refractivity contribution in [3.63, 3.8) is 0 Å². The van der Waals surface area contributed by atoms with E-state index in [9.17, 15) is 10.2 Å². The molecule has 0 saturated carbocycles. The Balaban J connectivity index is 2.03. The van der Waals surface area contributed by atoms with E-state index in [1.807, 2.05) is 11.0 Å². The van der Waals surface area contributed by atoms with Gasteiger partial charge in [0, 0.05) is 24.1 Å². The number of hydrogen-bond acceptors (Lipinski definition) is 4. The van der Waals surface area contributed by atoms with Gasteiger partial charge >= 0.3 is 0 Å². The number of nitrogens with zero attached hydrogens (tertiary/aromatic N) is 1. The van der Waals surface area contributed by atoms with E-state index in [0.717, 1.165) is 29.7 Å². The number of aliphatic hydroxyl groups is 2. The molecule has 1 aliphatic heterocycles. The lowest BCUT2D eigenvalue weighted by atomic mass is 10.2. The summed E-state index contributed by atoms with van der Waals surface area (Å²) in [6.45, 7) is 4.98. The fourth-order valence-electron chi connectivity index (χ4n) is 2.29. The van der Waals surface area contributed by atoms with Crippen LogP contribution in [0.5, 0.6) is 0 Å². The van der Waals surface area contributed by atoms with Crippen LogP contribution in [0.4, 0.5) is 5.69 Å². The standard InChI is InChI=1S/C14H21BrN2O2/c1-2-5-16-7-10-3-4-12(11(15)6-10)17-8-13(18)14(19)9-17/h3-4,6,13-14,16,18-19H,2,5,7-9H2,1H3. The van der Waals surface area contributed by atoms with Crippen LogP contribution in [-0.4, -0.2) is 42.1 Å². The molecule has 0 radical (unpaired) electrons. The zero-order valence-electron chi connectivity index (χ0n) is 11.1. The monoisotopic (exact) mass is 328 g/mol. The van der Waals surface area contributed by atoms with Gasteiger partial charge < -0.3 is 20.4 Å². The lowest BCUT2D eigenvalue weighted by Crippen LogP contribution is -2.22. The summed E-state index contributed by atoms with van der Waals surface area (Å²) in [6.07, 6.45) is -0.182. The van der Waals surface area contributed by atoms with E-state index in [0.29, 0.717) is 13.1 Å². The fourth-order valence-corrected chi connectivity index (χ4v) is 2.97. The van der Waals surface area contributed by atoms with Gasteiger partial charge in [-0.15, -0.1) is 0 Å². The molecule has 4 nitrogen and oxygen atoms in total. The zero-order chi connectivity index (χ0) is 13.8. The molecule has 1 saturated heterocycles. The predicted molar refractivity (Wildman–Crippen MR) is 80.4 cm³/mol. The smallest absolute Gasteiger partial charge is 0.0990 e. The number of anilines is 1. The Morgan fingerprint density at radius 1 is 1.32 bits per heavy atom. The van der Waals surface area contributed by atoms with Crippen LogP contribution in [0, 0.1) is 0 Å². The first-order valence-corrected chi connectivity index (χ1v) is 7.51. The third-order valence-electron chi connectivity index (χ3n) is 3.37. The van der Waals surface area contributed by atoms with Crippen LogP contribution in [0.2, 0.25) is 0 Å². The van der Waals surface area contributed by atoms with Crippen molar-refractivity contribution in [1.82, 2.24) is 5.32 Å². The largest absolute Gasteiger partial charge is 0.389 e. The molecule has 0 aromatic heterocycles. The van der Waals surface area contributed by atoms with Gasteiger partial charge in [-0.1, -0.05) is 13.0 Å². The summed E-state index contributed by atoms with van der Waals surface area (Å²) in [5, 5.41) is 22.6. The molecule has 3 N–H and O–H groups in total. The summed E-state index contributed by atoms with van der Waals surface area (Å²) in [4.78, 5) is 2.00. The summed E-state index contributed by atoms with van der Waals surface area (Å²) in [6, 6.07) is 6.21. The van der Waals surface area contributed by atoms with E-state index >= 15 is 0 Å². The lowest BCUT2D eigenvalue weighted by Gasteiger charge is -2.20. The molecule has 0 bridgehead atoms. The highest BCUT2D eigenvalue weighted by molar-refractivity contribution is 9.10. The maximum Gasteiger partial charge on any atom is 0.0990 e. The Hall–Kier alpha value is -0.620. The van der Waals surface area contributed by atoms with Gasteiger partial charge in [-0.05, 0) is 46.6 Å². The van der Waals surface area contributed by atoms with Crippen LogP contribution in [0.1, 0.15) is 18.9 Å². The van der Waals surface area contributed by atoms with Gasteiger partial charge in [-0.25, -0.2) is 0 Å². The molecule has 1 heterocycles. The minimum atomic E-state index is -0.655. The maximum absolute atomic E-state index is 9.60. The van der Waals surface area contributed by atoms with Crippen LogP contribution >= 0.6 is 15.9 Å². The van der Waals surface area contributed by atoms with Crippen molar-refractivity contribution in [2.45, 2.75) is 32.1 Å². The molecule has 0 amide bonds. The Labute approximate surface area is 122 Å². The first-order chi connectivity index (χ1) is 9.11. The minimum absolute atomic E-state index is 0.479. The number of benzene rings is 1. The van der Waals surface area contributed by atoms with Crippen molar-refractivity contribution >= 4 is 21.6 Å². The summed E-state index contributed by atoms with van der Waals surface area (Å²) in [5.74, 6) is 0. The van der Waals surface area contributed by atoms with E-state index in [1.54, 1.807) is 0 Å². The Bertz CT molecular complexity index is 418. The molecule has 1 aromatic carbocycles. The van der Waals surface area contributed by atoms with Crippen LogP contribution in [0.25, 0.3) is 0 Å². The van der Waals surface area contributed by atoms with Gasteiger partial charge in [0.25, 0.3) is 0 Å². The van der Waals surface area contributed by atoms with Gasteiger partial charge in [-0.2, -0.15) is 0 Å². The minimum Gasteiger partial charge on any atom is -0.389 e. The number of nitrogens with one attached hydrogen (secondary N) is 1. The van der Waals surface area contributed by atoms with Gasteiger partial charge in [0.1, 0.15) is 0 Å². The summed E-state index contributed by atoms with van der Waals surface area (Å²) >= 11 is 3.57. The molecular formula is C14H21BrN2O2. The third kappa shape index (κ3) is 3.69. The molecule has 1 fully saturated rings. The van der Waals surface area contributed by atoms with E-state index in [2.05, 4.69) is 40.3 Å². The average molecular weight is 329 g/mol. The normalized spacial score (nSPS) is 23.1. The summed E-state index contributed by atoms with van der Waals surface area (Å²) in [7, 11) is 0. The highest BCUT2D eigenvalue weighted by atomic mass is 79.9. The second-order valence-electron chi connectivity index (χ2n) is 5.00. The molecule has 2 atom stereocenters. The highest BCUT2D eigenvalue weighted by Crippen LogP contribution is 2.30. The van der Waals surface area contributed by atoms with Gasteiger partial charge in [0.2, 0.25) is 0 Å². The van der Waals surface area contributed by atoms with Crippen LogP contribution in [0.3, 0.4) is 0 Å². The average Bonchev–Trinajstić information content (AvgIpc) is 2.70. The van der Waals surface area contributed by atoms with E-state index in [1.165, 1.54) is 5.56 Å². The van der Waals surface area contributed by atoms with Crippen molar-refractivity contribution in [3.8, 4) is 0 Å². The van der Waals surface area contributed by atoms with Crippen LogP contribution in [-0.2, 0) is 6.54 Å². The molecule has 2 unspecified atom stereocenters. The first-order valence-electron chi connectivity index (χ1n) is 6.72. The molecule has 1 aliphatic rings. The quantitative estimate of drug-likeness (QED) is 0.717. The second-order valence-corrected chi connectivity index (χ2v) is 5.86. The Kier molecular flexibility index (Phi) is 5.21. The Morgan fingerprint density at radius 3 is 2.58 bits per heavy atom. The SMILES string of the molecule is CCCNCc1ccc(N2CC(O)C(O)C2)c(Br)c1. The highest BCUT2D eigenvalue weighted by Gasteiger charge is 2.30. The number of aliphatic hydroxyl groups excluding tert-OH is 2. The van der Waals surface area contributed by atoms with Crippen LogP contribution < -0.4 is 10.2 Å². The molecule has 0 aliphatic carbocycles. The van der Waals surface area contributed by atoms with Gasteiger partial charge in [0.15, 0.2) is 0 Å².